The number of carbonyl (C=O) groups is 1. The summed E-state index contributed by atoms with van der Waals surface area (Å²) < 4.78 is 34.2. The highest BCUT2D eigenvalue weighted by molar-refractivity contribution is 7.90. The fraction of sp³-hybridized carbons (Fsp3) is 0.333. The Bertz CT molecular complexity index is 857. The van der Waals surface area contributed by atoms with Crippen LogP contribution in [0.5, 0.6) is 5.75 Å². The molecule has 122 valence electrons. The number of oxazole rings is 1. The van der Waals surface area contributed by atoms with Crippen LogP contribution in [0.15, 0.2) is 33.9 Å². The third-order valence-electron chi connectivity index (χ3n) is 3.63. The molecule has 1 aromatic heterocycles. The molecule has 1 aliphatic rings. The third kappa shape index (κ3) is 2.81. The summed E-state index contributed by atoms with van der Waals surface area (Å²) in [5, 5.41) is 0. The number of aromatic nitrogens is 1. The van der Waals surface area contributed by atoms with Crippen molar-refractivity contribution in [3.63, 3.8) is 0 Å². The van der Waals surface area contributed by atoms with Crippen molar-refractivity contribution >= 4 is 21.4 Å². The first-order chi connectivity index (χ1) is 10.9. The summed E-state index contributed by atoms with van der Waals surface area (Å²) in [7, 11) is -3.38. The van der Waals surface area contributed by atoms with E-state index in [1.54, 1.807) is 6.07 Å². The molecule has 7 nitrogen and oxygen atoms in total. The molecule has 0 unspecified atom stereocenters. The Hall–Kier alpha value is -2.35. The number of rotatable bonds is 3. The molecule has 0 aliphatic carbocycles. The lowest BCUT2D eigenvalue weighted by molar-refractivity contribution is 0.0970. The van der Waals surface area contributed by atoms with Gasteiger partial charge in [-0.1, -0.05) is 6.92 Å². The van der Waals surface area contributed by atoms with Crippen molar-refractivity contribution in [3.8, 4) is 5.75 Å². The number of sulfone groups is 1. The van der Waals surface area contributed by atoms with Crippen LogP contribution in [0.1, 0.15) is 23.2 Å². The number of amides is 1. The van der Waals surface area contributed by atoms with Gasteiger partial charge in [0.05, 0.1) is 17.1 Å². The maximum atomic E-state index is 12.8. The van der Waals surface area contributed by atoms with Gasteiger partial charge in [0.1, 0.15) is 18.1 Å². The Morgan fingerprint density at radius 2 is 2.17 bits per heavy atom. The SMILES string of the molecule is CCc1ocnc1C(=O)N1CCOc2ccc(S(C)(=O)=O)cc21. The molecule has 8 heteroatoms. The predicted octanol–water partition coefficient (Wildman–Crippen LogP) is 1.68. The Labute approximate surface area is 133 Å². The smallest absolute Gasteiger partial charge is 0.280 e. The first-order valence-electron chi connectivity index (χ1n) is 7.13. The highest BCUT2D eigenvalue weighted by Crippen LogP contribution is 2.34. The number of fused-ring (bicyclic) bond motifs is 1. The van der Waals surface area contributed by atoms with Crippen LogP contribution in [0.2, 0.25) is 0 Å². The molecule has 2 aromatic rings. The highest BCUT2D eigenvalue weighted by atomic mass is 32.2. The molecule has 1 aromatic carbocycles. The van der Waals surface area contributed by atoms with E-state index < -0.39 is 9.84 Å². The molecule has 3 rings (SSSR count). The lowest BCUT2D eigenvalue weighted by Gasteiger charge is -2.29. The average Bonchev–Trinajstić information content (AvgIpc) is 3.00. The summed E-state index contributed by atoms with van der Waals surface area (Å²) >= 11 is 0. The number of ether oxygens (including phenoxy) is 1. The number of carbonyl (C=O) groups excluding carboxylic acids is 1. The van der Waals surface area contributed by atoms with Gasteiger partial charge in [-0.3, -0.25) is 9.69 Å². The minimum Gasteiger partial charge on any atom is -0.490 e. The van der Waals surface area contributed by atoms with Crippen LogP contribution in [0.4, 0.5) is 5.69 Å². The standard InChI is InChI=1S/C15H16N2O5S/c1-3-12-14(16-9-22-12)15(18)17-6-7-21-13-5-4-10(8-11(13)17)23(2,19)20/h4-5,8-9H,3,6-7H2,1-2H3. The maximum Gasteiger partial charge on any atom is 0.280 e. The number of hydrogen-bond donors (Lipinski definition) is 0. The average molecular weight is 336 g/mol. The van der Waals surface area contributed by atoms with Crippen LogP contribution in [0, 0.1) is 0 Å². The molecule has 0 spiro atoms. The van der Waals surface area contributed by atoms with Crippen molar-refractivity contribution in [1.29, 1.82) is 0 Å². The molecule has 1 aliphatic heterocycles. The first kappa shape index (κ1) is 15.5. The van der Waals surface area contributed by atoms with Crippen molar-refractivity contribution in [3.05, 3.63) is 36.0 Å². The molecule has 0 atom stereocenters. The minimum atomic E-state index is -3.38. The number of anilines is 1. The van der Waals surface area contributed by atoms with Crippen LogP contribution in [-0.4, -0.2) is 38.7 Å². The molecule has 2 heterocycles. The van der Waals surface area contributed by atoms with Crippen LogP contribution in [-0.2, 0) is 16.3 Å². The predicted molar refractivity (Wildman–Crippen MR) is 82.6 cm³/mol. The summed E-state index contributed by atoms with van der Waals surface area (Å²) in [4.78, 5) is 18.4. The van der Waals surface area contributed by atoms with E-state index in [4.69, 9.17) is 9.15 Å². The van der Waals surface area contributed by atoms with Crippen LogP contribution in [0.25, 0.3) is 0 Å². The summed E-state index contributed by atoms with van der Waals surface area (Å²) in [6, 6.07) is 4.48. The van der Waals surface area contributed by atoms with E-state index >= 15 is 0 Å². The topological polar surface area (TPSA) is 89.7 Å². The second-order valence-corrected chi connectivity index (χ2v) is 7.20. The van der Waals surface area contributed by atoms with Crippen LogP contribution >= 0.6 is 0 Å². The summed E-state index contributed by atoms with van der Waals surface area (Å²) in [5.74, 6) is 0.645. The number of benzene rings is 1. The number of aryl methyl sites for hydroxylation is 1. The van der Waals surface area contributed by atoms with Crippen LogP contribution < -0.4 is 9.64 Å². The summed E-state index contributed by atoms with van der Waals surface area (Å²) in [6.45, 7) is 2.51. The maximum absolute atomic E-state index is 12.8. The zero-order chi connectivity index (χ0) is 16.6. The van der Waals surface area contributed by atoms with Crippen molar-refractivity contribution in [2.45, 2.75) is 18.2 Å². The van der Waals surface area contributed by atoms with Crippen molar-refractivity contribution in [2.24, 2.45) is 0 Å². The van der Waals surface area contributed by atoms with Gasteiger partial charge in [0.2, 0.25) is 0 Å². The third-order valence-corrected chi connectivity index (χ3v) is 4.74. The van der Waals surface area contributed by atoms with E-state index in [9.17, 15) is 13.2 Å². The van der Waals surface area contributed by atoms with Gasteiger partial charge in [0, 0.05) is 12.7 Å². The van der Waals surface area contributed by atoms with E-state index in [1.165, 1.54) is 23.4 Å². The zero-order valence-corrected chi connectivity index (χ0v) is 13.6. The fourth-order valence-corrected chi connectivity index (χ4v) is 3.10. The van der Waals surface area contributed by atoms with Crippen molar-refractivity contribution in [2.75, 3.05) is 24.3 Å². The molecule has 1 amide bonds. The van der Waals surface area contributed by atoms with Gasteiger partial charge in [-0.05, 0) is 18.2 Å². The van der Waals surface area contributed by atoms with Gasteiger partial charge >= 0.3 is 0 Å². The molecule has 0 bridgehead atoms. The Morgan fingerprint density at radius 1 is 1.39 bits per heavy atom. The molecule has 0 radical (unpaired) electrons. The lowest BCUT2D eigenvalue weighted by atomic mass is 10.2. The van der Waals surface area contributed by atoms with E-state index in [-0.39, 0.29) is 16.5 Å². The molecular formula is C15H16N2O5S. The van der Waals surface area contributed by atoms with Gasteiger partial charge in [-0.15, -0.1) is 0 Å². The van der Waals surface area contributed by atoms with Gasteiger partial charge in [0.25, 0.3) is 5.91 Å². The van der Waals surface area contributed by atoms with E-state index in [1.807, 2.05) is 6.92 Å². The van der Waals surface area contributed by atoms with Crippen molar-refractivity contribution < 1.29 is 22.4 Å². The summed E-state index contributed by atoms with van der Waals surface area (Å²) in [5.41, 5.74) is 0.666. The normalized spacial score (nSPS) is 14.3. The van der Waals surface area contributed by atoms with E-state index in [2.05, 4.69) is 4.98 Å². The Balaban J connectivity index is 2.05. The van der Waals surface area contributed by atoms with Gasteiger partial charge in [-0.25, -0.2) is 13.4 Å². The van der Waals surface area contributed by atoms with Gasteiger partial charge < -0.3 is 9.15 Å². The minimum absolute atomic E-state index is 0.135. The molecule has 0 N–H and O–H groups in total. The Morgan fingerprint density at radius 3 is 2.87 bits per heavy atom. The fourth-order valence-electron chi connectivity index (χ4n) is 2.46. The zero-order valence-electron chi connectivity index (χ0n) is 12.8. The summed E-state index contributed by atoms with van der Waals surface area (Å²) in [6.07, 6.45) is 2.90. The van der Waals surface area contributed by atoms with E-state index in [0.717, 1.165) is 6.26 Å². The lowest BCUT2D eigenvalue weighted by Crippen LogP contribution is -2.38. The van der Waals surface area contributed by atoms with Crippen LogP contribution in [0.3, 0.4) is 0 Å². The quantitative estimate of drug-likeness (QED) is 0.847. The largest absolute Gasteiger partial charge is 0.490 e. The van der Waals surface area contributed by atoms with E-state index in [0.29, 0.717) is 36.8 Å². The first-order valence-corrected chi connectivity index (χ1v) is 9.02. The molecular weight excluding hydrogens is 320 g/mol. The molecule has 0 fully saturated rings. The number of nitrogens with zero attached hydrogens (tertiary/aromatic N) is 2. The monoisotopic (exact) mass is 336 g/mol. The second kappa shape index (κ2) is 5.69. The molecule has 23 heavy (non-hydrogen) atoms. The molecule has 0 saturated carbocycles. The molecule has 0 saturated heterocycles. The van der Waals surface area contributed by atoms with Gasteiger partial charge in [-0.2, -0.15) is 0 Å². The van der Waals surface area contributed by atoms with Gasteiger partial charge in [0.15, 0.2) is 21.9 Å². The highest BCUT2D eigenvalue weighted by Gasteiger charge is 2.29. The second-order valence-electron chi connectivity index (χ2n) is 5.18. The Kier molecular flexibility index (Phi) is 3.85. The number of hydrogen-bond acceptors (Lipinski definition) is 6. The van der Waals surface area contributed by atoms with Crippen molar-refractivity contribution in [1.82, 2.24) is 4.98 Å².